The molecule has 0 atom stereocenters. The largest absolute Gasteiger partial charge is 0.496 e. The highest BCUT2D eigenvalue weighted by atomic mass is 35.5. The molecule has 0 heterocycles. The molecule has 0 spiro atoms. The molecule has 0 unspecified atom stereocenters. The van der Waals surface area contributed by atoms with E-state index in [0.29, 0.717) is 0 Å². The maximum absolute atomic E-state index is 13.3. The maximum atomic E-state index is 13.3. The molecule has 122 valence electrons. The quantitative estimate of drug-likeness (QED) is 0.863. The summed E-state index contributed by atoms with van der Waals surface area (Å²) in [5, 5.41) is 9.53. The fraction of sp³-hybridized carbons (Fsp3) is 0.143. The lowest BCUT2D eigenvalue weighted by Crippen LogP contribution is -2.29. The molecule has 0 saturated heterocycles. The second-order valence-electron chi connectivity index (χ2n) is 4.42. The number of halogens is 4. The van der Waals surface area contributed by atoms with Crippen LogP contribution in [0.15, 0.2) is 24.3 Å². The normalized spacial score (nSPS) is 11.3. The molecule has 0 radical (unpaired) electrons. The molecule has 5 nitrogen and oxygen atoms in total. The van der Waals surface area contributed by atoms with Crippen LogP contribution in [-0.2, 0) is 6.18 Å². The van der Waals surface area contributed by atoms with Gasteiger partial charge in [0.2, 0.25) is 0 Å². The van der Waals surface area contributed by atoms with Gasteiger partial charge >= 0.3 is 12.3 Å². The van der Waals surface area contributed by atoms with Gasteiger partial charge in [-0.05, 0) is 29.0 Å². The van der Waals surface area contributed by atoms with Gasteiger partial charge in [0.25, 0.3) is 5.91 Å². The number of methoxy groups -OCH3 is 1. The van der Waals surface area contributed by atoms with Gasteiger partial charge in [-0.15, -0.1) is 0 Å². The number of imide groups is 1. The van der Waals surface area contributed by atoms with Crippen LogP contribution in [0.1, 0.15) is 15.9 Å². The number of carboxylic acid groups (broad SMARTS) is 1. The maximum Gasteiger partial charge on any atom is 0.420 e. The zero-order valence-electron chi connectivity index (χ0n) is 11.5. The summed E-state index contributed by atoms with van der Waals surface area (Å²) in [7, 11) is 1.09. The number of carbonyl (C=O) groups excluding carboxylic acids is 1. The second-order valence-corrected chi connectivity index (χ2v) is 4.82. The van der Waals surface area contributed by atoms with E-state index in [0.717, 1.165) is 25.3 Å². The zero-order valence-corrected chi connectivity index (χ0v) is 12.2. The average molecular weight is 348 g/mol. The smallest absolute Gasteiger partial charge is 0.420 e. The van der Waals surface area contributed by atoms with Crippen LogP contribution in [0, 0.1) is 0 Å². The molecule has 0 aliphatic rings. The Kier molecular flexibility index (Phi) is 4.37. The Hall–Kier alpha value is -2.48. The van der Waals surface area contributed by atoms with E-state index in [1.165, 1.54) is 6.07 Å². The molecule has 0 bridgehead atoms. The van der Waals surface area contributed by atoms with Crippen molar-refractivity contribution in [3.05, 3.63) is 40.4 Å². The minimum absolute atomic E-state index is 0.135. The standard InChI is InChI=1S/C14H9ClF3NO4/c1-23-9-5-3-6-7(11(9)14(16,17)18)2-4-8(15)10(6)12(20)19-13(21)22/h2-5H,1H3,(H,19,20)(H,21,22). The average Bonchev–Trinajstić information content (AvgIpc) is 2.43. The Balaban J connectivity index is 2.84. The molecule has 0 aliphatic carbocycles. The summed E-state index contributed by atoms with van der Waals surface area (Å²) in [5.41, 5.74) is -1.43. The van der Waals surface area contributed by atoms with Crippen molar-refractivity contribution in [1.82, 2.24) is 5.32 Å². The molecule has 0 fully saturated rings. The van der Waals surface area contributed by atoms with Crippen LogP contribution >= 0.6 is 11.6 Å². The molecule has 0 aromatic heterocycles. The predicted octanol–water partition coefficient (Wildman–Crippen LogP) is 3.93. The van der Waals surface area contributed by atoms with Crippen molar-refractivity contribution in [2.45, 2.75) is 6.18 Å². The van der Waals surface area contributed by atoms with E-state index < -0.39 is 29.5 Å². The summed E-state index contributed by atoms with van der Waals surface area (Å²) in [5.74, 6) is -1.54. The minimum atomic E-state index is -4.74. The summed E-state index contributed by atoms with van der Waals surface area (Å²) < 4.78 is 44.6. The topological polar surface area (TPSA) is 75.6 Å². The van der Waals surface area contributed by atoms with Gasteiger partial charge in [-0.2, -0.15) is 13.2 Å². The van der Waals surface area contributed by atoms with Gasteiger partial charge in [-0.1, -0.05) is 17.7 Å². The fourth-order valence-electron chi connectivity index (χ4n) is 2.21. The van der Waals surface area contributed by atoms with Gasteiger partial charge in [0.1, 0.15) is 11.3 Å². The lowest BCUT2D eigenvalue weighted by molar-refractivity contribution is -0.137. The lowest BCUT2D eigenvalue weighted by Gasteiger charge is -2.16. The second kappa shape index (κ2) is 5.96. The first-order chi connectivity index (χ1) is 10.7. The highest BCUT2D eigenvalue weighted by molar-refractivity contribution is 6.36. The van der Waals surface area contributed by atoms with E-state index in [4.69, 9.17) is 21.4 Å². The summed E-state index contributed by atoms with van der Waals surface area (Å²) >= 11 is 5.86. The van der Waals surface area contributed by atoms with Gasteiger partial charge in [-0.25, -0.2) is 4.79 Å². The number of amides is 2. The van der Waals surface area contributed by atoms with Crippen LogP contribution in [-0.4, -0.2) is 24.2 Å². The van der Waals surface area contributed by atoms with Crippen molar-refractivity contribution < 1.29 is 32.6 Å². The fourth-order valence-corrected chi connectivity index (χ4v) is 2.46. The molecule has 2 aromatic rings. The first-order valence-electron chi connectivity index (χ1n) is 6.07. The number of hydrogen-bond acceptors (Lipinski definition) is 3. The van der Waals surface area contributed by atoms with Crippen molar-refractivity contribution in [2.75, 3.05) is 7.11 Å². The van der Waals surface area contributed by atoms with Crippen LogP contribution in [0.25, 0.3) is 10.8 Å². The highest BCUT2D eigenvalue weighted by Crippen LogP contribution is 2.42. The van der Waals surface area contributed by atoms with Crippen LogP contribution in [0.4, 0.5) is 18.0 Å². The SMILES string of the molecule is COc1ccc2c(C(=O)NC(=O)O)c(Cl)ccc2c1C(F)(F)F. The van der Waals surface area contributed by atoms with Gasteiger partial charge in [0, 0.05) is 0 Å². The van der Waals surface area contributed by atoms with E-state index in [2.05, 4.69) is 0 Å². The number of nitrogens with one attached hydrogen (secondary N) is 1. The Bertz CT molecular complexity index is 805. The molecule has 9 heteroatoms. The summed E-state index contributed by atoms with van der Waals surface area (Å²) in [6.07, 6.45) is -6.38. The van der Waals surface area contributed by atoms with E-state index in [1.54, 1.807) is 5.32 Å². The van der Waals surface area contributed by atoms with Crippen LogP contribution in [0.2, 0.25) is 5.02 Å². The predicted molar refractivity (Wildman–Crippen MR) is 76.0 cm³/mol. The molecule has 0 aliphatic heterocycles. The molecule has 23 heavy (non-hydrogen) atoms. The Morgan fingerprint density at radius 2 is 1.78 bits per heavy atom. The van der Waals surface area contributed by atoms with Crippen molar-refractivity contribution in [3.8, 4) is 5.75 Å². The van der Waals surface area contributed by atoms with Crippen molar-refractivity contribution in [1.29, 1.82) is 0 Å². The van der Waals surface area contributed by atoms with Gasteiger partial charge < -0.3 is 9.84 Å². The van der Waals surface area contributed by atoms with Gasteiger partial charge in [-0.3, -0.25) is 10.1 Å². The third-order valence-electron chi connectivity index (χ3n) is 3.06. The third kappa shape index (κ3) is 3.16. The van der Waals surface area contributed by atoms with Crippen LogP contribution < -0.4 is 10.1 Å². The van der Waals surface area contributed by atoms with Crippen LogP contribution in [0.3, 0.4) is 0 Å². The first kappa shape index (κ1) is 16.9. The molecule has 2 aromatic carbocycles. The molecule has 2 rings (SSSR count). The minimum Gasteiger partial charge on any atom is -0.496 e. The molecule has 2 N–H and O–H groups in total. The summed E-state index contributed by atoms with van der Waals surface area (Å²) in [6.45, 7) is 0. The van der Waals surface area contributed by atoms with Gasteiger partial charge in [0.05, 0.1) is 17.7 Å². The number of carbonyl (C=O) groups is 2. The van der Waals surface area contributed by atoms with E-state index in [-0.39, 0.29) is 21.4 Å². The molecule has 0 saturated carbocycles. The van der Waals surface area contributed by atoms with E-state index >= 15 is 0 Å². The number of alkyl halides is 3. The highest BCUT2D eigenvalue weighted by Gasteiger charge is 2.37. The molecule has 2 amide bonds. The zero-order chi connectivity index (χ0) is 17.4. The monoisotopic (exact) mass is 347 g/mol. The molecular weight excluding hydrogens is 339 g/mol. The van der Waals surface area contributed by atoms with Gasteiger partial charge in [0.15, 0.2) is 0 Å². The number of rotatable bonds is 2. The number of ether oxygens (including phenoxy) is 1. The van der Waals surface area contributed by atoms with Crippen LogP contribution in [0.5, 0.6) is 5.75 Å². The Labute approximate surface area is 132 Å². The number of hydrogen-bond donors (Lipinski definition) is 2. The summed E-state index contributed by atoms with van der Waals surface area (Å²) in [6, 6.07) is 4.45. The van der Waals surface area contributed by atoms with E-state index in [9.17, 15) is 22.8 Å². The van der Waals surface area contributed by atoms with Crippen molar-refractivity contribution >= 4 is 34.4 Å². The van der Waals surface area contributed by atoms with Crippen molar-refractivity contribution in [2.24, 2.45) is 0 Å². The summed E-state index contributed by atoms with van der Waals surface area (Å²) in [4.78, 5) is 22.5. The van der Waals surface area contributed by atoms with Crippen molar-refractivity contribution in [3.63, 3.8) is 0 Å². The Morgan fingerprint density at radius 1 is 1.17 bits per heavy atom. The number of benzene rings is 2. The molecular formula is C14H9ClF3NO4. The Morgan fingerprint density at radius 3 is 2.30 bits per heavy atom. The van der Waals surface area contributed by atoms with E-state index in [1.807, 2.05) is 0 Å². The third-order valence-corrected chi connectivity index (χ3v) is 3.38. The number of fused-ring (bicyclic) bond motifs is 1. The lowest BCUT2D eigenvalue weighted by atomic mass is 9.98. The first-order valence-corrected chi connectivity index (χ1v) is 6.45.